The molecular weight excluding hydrogens is 382 g/mol. The Morgan fingerprint density at radius 3 is 2.77 bits per heavy atom. The van der Waals surface area contributed by atoms with Gasteiger partial charge in [0.2, 0.25) is 0 Å². The van der Waals surface area contributed by atoms with Gasteiger partial charge in [0.15, 0.2) is 0 Å². The van der Waals surface area contributed by atoms with Gasteiger partial charge < -0.3 is 5.11 Å². The van der Waals surface area contributed by atoms with Crippen LogP contribution < -0.4 is 0 Å². The van der Waals surface area contributed by atoms with E-state index in [-0.39, 0.29) is 6.04 Å². The molecule has 3 aliphatic heterocycles. The van der Waals surface area contributed by atoms with Crippen molar-refractivity contribution < 1.29 is 5.11 Å². The molecule has 5 atom stereocenters. The van der Waals surface area contributed by atoms with Crippen molar-refractivity contribution in [2.45, 2.75) is 44.4 Å². The van der Waals surface area contributed by atoms with Gasteiger partial charge in [-0.25, -0.2) is 0 Å². The Balaban J connectivity index is 1.19. The maximum absolute atomic E-state index is 11.3. The van der Waals surface area contributed by atoms with Gasteiger partial charge >= 0.3 is 0 Å². The molecule has 0 aliphatic carbocycles. The number of benzene rings is 2. The first-order valence-corrected chi connectivity index (χ1v) is 11.6. The second-order valence-electron chi connectivity index (χ2n) is 9.06. The molecule has 4 heterocycles. The molecule has 0 saturated carbocycles. The van der Waals surface area contributed by atoms with Gasteiger partial charge in [0.1, 0.15) is 0 Å². The van der Waals surface area contributed by atoms with E-state index in [0.717, 1.165) is 54.9 Å². The smallest absolute Gasteiger partial charge is 0.0952 e. The van der Waals surface area contributed by atoms with Crippen LogP contribution >= 0.6 is 0 Å². The molecule has 3 fully saturated rings. The average Bonchev–Trinajstić information content (AvgIpc) is 2.84. The lowest BCUT2D eigenvalue weighted by molar-refractivity contribution is -0.0567. The number of fused-ring (bicyclic) bond motifs is 4. The first kappa shape index (κ1) is 20.3. The van der Waals surface area contributed by atoms with Crippen LogP contribution in [0, 0.1) is 11.8 Å². The van der Waals surface area contributed by atoms with Crippen molar-refractivity contribution in [2.24, 2.45) is 16.8 Å². The van der Waals surface area contributed by atoms with Crippen molar-refractivity contribution in [1.29, 1.82) is 0 Å². The molecule has 1 aromatic heterocycles. The number of hydrogen-bond donors (Lipinski definition) is 1. The van der Waals surface area contributed by atoms with Crippen LogP contribution in [0.25, 0.3) is 10.9 Å². The molecule has 3 saturated heterocycles. The lowest BCUT2D eigenvalue weighted by Crippen LogP contribution is -2.55. The van der Waals surface area contributed by atoms with Crippen molar-refractivity contribution in [1.82, 2.24) is 9.88 Å². The number of aliphatic hydroxyl groups is 1. The molecule has 0 spiro atoms. The zero-order valence-corrected chi connectivity index (χ0v) is 18.0. The number of nitrogens with zero attached hydrogens (tertiary/aromatic N) is 3. The fourth-order valence-corrected chi connectivity index (χ4v) is 5.55. The summed E-state index contributed by atoms with van der Waals surface area (Å²) in [5.41, 5.74) is 3.25. The van der Waals surface area contributed by atoms with Gasteiger partial charge in [-0.1, -0.05) is 48.5 Å². The van der Waals surface area contributed by atoms with E-state index in [1.807, 2.05) is 36.5 Å². The molecule has 4 nitrogen and oxygen atoms in total. The summed E-state index contributed by atoms with van der Waals surface area (Å²) in [5, 5.41) is 12.4. The number of pyridine rings is 1. The second-order valence-corrected chi connectivity index (χ2v) is 9.06. The van der Waals surface area contributed by atoms with E-state index >= 15 is 0 Å². The third-order valence-corrected chi connectivity index (χ3v) is 7.21. The molecule has 2 aromatic carbocycles. The first-order chi connectivity index (χ1) is 15.3. The van der Waals surface area contributed by atoms with E-state index in [9.17, 15) is 5.11 Å². The van der Waals surface area contributed by atoms with Gasteiger partial charge in [0.25, 0.3) is 0 Å². The highest BCUT2D eigenvalue weighted by Crippen LogP contribution is 2.42. The van der Waals surface area contributed by atoms with Gasteiger partial charge in [-0.2, -0.15) is 0 Å². The molecule has 0 radical (unpaired) electrons. The minimum absolute atomic E-state index is 0.215. The summed E-state index contributed by atoms with van der Waals surface area (Å²) >= 11 is 0. The molecule has 160 valence electrons. The lowest BCUT2D eigenvalue weighted by atomic mass is 9.72. The van der Waals surface area contributed by atoms with Crippen LogP contribution in [0.5, 0.6) is 0 Å². The third kappa shape index (κ3) is 4.41. The standard InChI is InChI=1S/C27H31N3O/c31-27(24-12-15-29-25-11-5-4-10-23(24)25)26-17-21-13-16-30(26)19-22(21)9-6-14-28-18-20-7-2-1-3-8-20/h1-5,7-8,10-12,14-15,21-22,26-27,31H,6,9,13,16-19H2/t21-,22-,26-,27+/m0/s1. The molecule has 1 unspecified atom stereocenters. The van der Waals surface area contributed by atoms with Crippen LogP contribution in [0.15, 0.2) is 71.9 Å². The number of hydrogen-bond acceptors (Lipinski definition) is 4. The molecule has 3 aromatic rings. The fraction of sp³-hybridized carbons (Fsp3) is 0.407. The summed E-state index contributed by atoms with van der Waals surface area (Å²) in [7, 11) is 0. The SMILES string of the molecule is O[C@H](c1ccnc2ccccc12)[C@@H]1C[C@@H]2CCN1C[C@@H]2CCC=NCc1ccccc1. The number of aliphatic hydroxyl groups excluding tert-OH is 1. The number of aliphatic imine (C=N–C) groups is 1. The van der Waals surface area contributed by atoms with E-state index in [1.54, 1.807) is 0 Å². The molecule has 0 amide bonds. The highest BCUT2D eigenvalue weighted by atomic mass is 16.3. The lowest BCUT2D eigenvalue weighted by Gasteiger charge is -2.51. The molecule has 31 heavy (non-hydrogen) atoms. The summed E-state index contributed by atoms with van der Waals surface area (Å²) < 4.78 is 0. The maximum atomic E-state index is 11.3. The van der Waals surface area contributed by atoms with E-state index < -0.39 is 6.10 Å². The Hall–Kier alpha value is -2.56. The fourth-order valence-electron chi connectivity index (χ4n) is 5.55. The van der Waals surface area contributed by atoms with E-state index in [1.165, 1.54) is 18.4 Å². The highest BCUT2D eigenvalue weighted by molar-refractivity contribution is 5.82. The van der Waals surface area contributed by atoms with Crippen LogP contribution in [0.2, 0.25) is 0 Å². The van der Waals surface area contributed by atoms with Crippen LogP contribution in [0.1, 0.15) is 42.9 Å². The van der Waals surface area contributed by atoms with Gasteiger partial charge in [-0.3, -0.25) is 14.9 Å². The normalized spacial score (nSPS) is 26.5. The molecule has 2 bridgehead atoms. The van der Waals surface area contributed by atoms with Crippen LogP contribution in [0.3, 0.4) is 0 Å². The van der Waals surface area contributed by atoms with E-state index in [2.05, 4.69) is 51.4 Å². The molecular formula is C27H31N3O. The zero-order valence-electron chi connectivity index (χ0n) is 18.0. The summed E-state index contributed by atoms with van der Waals surface area (Å²) in [6.07, 6.45) is 8.07. The number of aromatic nitrogens is 1. The Morgan fingerprint density at radius 1 is 1.10 bits per heavy atom. The summed E-state index contributed by atoms with van der Waals surface area (Å²) in [4.78, 5) is 11.6. The quantitative estimate of drug-likeness (QED) is 0.553. The number of para-hydroxylation sites is 1. The highest BCUT2D eigenvalue weighted by Gasteiger charge is 2.42. The maximum Gasteiger partial charge on any atom is 0.0952 e. The predicted molar refractivity (Wildman–Crippen MR) is 126 cm³/mol. The monoisotopic (exact) mass is 413 g/mol. The second kappa shape index (κ2) is 9.29. The Morgan fingerprint density at radius 2 is 1.94 bits per heavy atom. The van der Waals surface area contributed by atoms with Crippen LogP contribution in [-0.2, 0) is 6.54 Å². The molecule has 1 N–H and O–H groups in total. The average molecular weight is 414 g/mol. The minimum atomic E-state index is -0.455. The molecule has 6 rings (SSSR count). The van der Waals surface area contributed by atoms with Crippen LogP contribution in [0.4, 0.5) is 0 Å². The summed E-state index contributed by atoms with van der Waals surface area (Å²) in [5.74, 6) is 1.43. The van der Waals surface area contributed by atoms with Crippen molar-refractivity contribution in [2.75, 3.05) is 13.1 Å². The van der Waals surface area contributed by atoms with Gasteiger partial charge in [-0.15, -0.1) is 0 Å². The van der Waals surface area contributed by atoms with Crippen molar-refractivity contribution in [3.63, 3.8) is 0 Å². The predicted octanol–water partition coefficient (Wildman–Crippen LogP) is 5.03. The molecule has 4 heteroatoms. The van der Waals surface area contributed by atoms with E-state index in [0.29, 0.717) is 5.92 Å². The Kier molecular flexibility index (Phi) is 6.10. The first-order valence-electron chi connectivity index (χ1n) is 11.6. The molecule has 3 aliphatic rings. The van der Waals surface area contributed by atoms with Crippen molar-refractivity contribution in [3.8, 4) is 0 Å². The summed E-state index contributed by atoms with van der Waals surface area (Å²) in [6, 6.07) is 20.8. The largest absolute Gasteiger partial charge is 0.387 e. The van der Waals surface area contributed by atoms with Gasteiger partial charge in [0.05, 0.1) is 18.2 Å². The van der Waals surface area contributed by atoms with E-state index in [4.69, 9.17) is 0 Å². The zero-order chi connectivity index (χ0) is 21.0. The third-order valence-electron chi connectivity index (χ3n) is 7.21. The van der Waals surface area contributed by atoms with Crippen molar-refractivity contribution in [3.05, 3.63) is 78.0 Å². The topological polar surface area (TPSA) is 48.7 Å². The Bertz CT molecular complexity index is 1030. The number of rotatable bonds is 7. The van der Waals surface area contributed by atoms with Crippen LogP contribution in [-0.4, -0.2) is 40.3 Å². The summed E-state index contributed by atoms with van der Waals surface area (Å²) in [6.45, 7) is 2.98. The Labute approximate surface area is 184 Å². The van der Waals surface area contributed by atoms with Gasteiger partial charge in [0, 0.05) is 24.2 Å². The number of piperidine rings is 3. The van der Waals surface area contributed by atoms with Crippen molar-refractivity contribution >= 4 is 17.1 Å². The minimum Gasteiger partial charge on any atom is -0.387 e. The van der Waals surface area contributed by atoms with Gasteiger partial charge in [-0.05, 0) is 73.5 Å².